The minimum Gasteiger partial charge on any atom is -0.357 e. The van der Waals surface area contributed by atoms with Gasteiger partial charge in [0, 0.05) is 45.3 Å². The molecule has 0 saturated carbocycles. The van der Waals surface area contributed by atoms with Crippen LogP contribution >= 0.6 is 11.8 Å². The number of unbranched alkanes of at least 4 members (excludes halogenated alkanes) is 1. The summed E-state index contributed by atoms with van der Waals surface area (Å²) >= 11 is 1.89. The van der Waals surface area contributed by atoms with Crippen molar-refractivity contribution < 1.29 is 4.79 Å². The summed E-state index contributed by atoms with van der Waals surface area (Å²) < 4.78 is 0. The Morgan fingerprint density at radius 1 is 1.21 bits per heavy atom. The lowest BCUT2D eigenvalue weighted by Gasteiger charge is -2.36. The predicted molar refractivity (Wildman–Crippen MR) is 105 cm³/mol. The van der Waals surface area contributed by atoms with Crippen LogP contribution in [0.25, 0.3) is 0 Å². The first-order chi connectivity index (χ1) is 11.6. The maximum Gasteiger partial charge on any atom is 0.234 e. The van der Waals surface area contributed by atoms with Crippen LogP contribution in [0.15, 0.2) is 4.99 Å². The maximum absolute atomic E-state index is 11.9. The molecular formula is C17H35N5OS. The van der Waals surface area contributed by atoms with Gasteiger partial charge in [0.1, 0.15) is 0 Å². The normalized spacial score (nSPS) is 16.5. The summed E-state index contributed by atoms with van der Waals surface area (Å²) in [5.74, 6) is 2.35. The standard InChI is InChI=1S/C17H35N5OS/c1-5-18-17(19-8-6-7-13-24-4)22-11-9-21(10-12-22)14-16(23)20-15(2)3/h15H,5-14H2,1-4H3,(H,18,19)(H,20,23). The lowest BCUT2D eigenvalue weighted by Crippen LogP contribution is -2.54. The first-order valence-electron chi connectivity index (χ1n) is 9.10. The van der Waals surface area contributed by atoms with Crippen molar-refractivity contribution in [2.24, 2.45) is 4.99 Å². The third-order valence-electron chi connectivity index (χ3n) is 3.84. The maximum atomic E-state index is 11.9. The largest absolute Gasteiger partial charge is 0.357 e. The second-order valence-corrected chi connectivity index (χ2v) is 7.41. The van der Waals surface area contributed by atoms with Gasteiger partial charge >= 0.3 is 0 Å². The van der Waals surface area contributed by atoms with Gasteiger partial charge in [-0.1, -0.05) is 0 Å². The fraction of sp³-hybridized carbons (Fsp3) is 0.882. The Bertz CT molecular complexity index is 381. The Kier molecular flexibility index (Phi) is 10.9. The molecule has 1 saturated heterocycles. The van der Waals surface area contributed by atoms with Gasteiger partial charge in [-0.15, -0.1) is 0 Å². The van der Waals surface area contributed by atoms with E-state index in [1.165, 1.54) is 12.2 Å². The summed E-state index contributed by atoms with van der Waals surface area (Å²) in [5, 5.41) is 6.35. The van der Waals surface area contributed by atoms with Crippen molar-refractivity contribution in [3.8, 4) is 0 Å². The number of rotatable bonds is 9. The molecule has 7 heteroatoms. The minimum atomic E-state index is 0.118. The molecule has 0 aliphatic carbocycles. The Morgan fingerprint density at radius 2 is 1.92 bits per heavy atom. The predicted octanol–water partition coefficient (Wildman–Crippen LogP) is 1.24. The molecule has 1 fully saturated rings. The van der Waals surface area contributed by atoms with Crippen LogP contribution < -0.4 is 10.6 Å². The van der Waals surface area contributed by atoms with Gasteiger partial charge in [-0.05, 0) is 45.6 Å². The second-order valence-electron chi connectivity index (χ2n) is 6.42. The number of aliphatic imine (C=N–C) groups is 1. The van der Waals surface area contributed by atoms with Gasteiger partial charge in [-0.25, -0.2) is 0 Å². The van der Waals surface area contributed by atoms with E-state index >= 15 is 0 Å². The van der Waals surface area contributed by atoms with Crippen LogP contribution in [0.5, 0.6) is 0 Å². The van der Waals surface area contributed by atoms with Crippen molar-refractivity contribution in [3.05, 3.63) is 0 Å². The summed E-state index contributed by atoms with van der Waals surface area (Å²) in [6, 6.07) is 0.206. The highest BCUT2D eigenvalue weighted by Gasteiger charge is 2.21. The van der Waals surface area contributed by atoms with Crippen molar-refractivity contribution in [2.75, 3.05) is 57.8 Å². The Morgan fingerprint density at radius 3 is 2.50 bits per heavy atom. The molecule has 140 valence electrons. The van der Waals surface area contributed by atoms with E-state index in [2.05, 4.69) is 33.6 Å². The fourth-order valence-corrected chi connectivity index (χ4v) is 3.15. The van der Waals surface area contributed by atoms with E-state index in [9.17, 15) is 4.79 Å². The van der Waals surface area contributed by atoms with E-state index in [0.717, 1.165) is 51.6 Å². The number of guanidine groups is 1. The lowest BCUT2D eigenvalue weighted by molar-refractivity contribution is -0.123. The number of amides is 1. The first-order valence-corrected chi connectivity index (χ1v) is 10.5. The molecular weight excluding hydrogens is 322 g/mol. The van der Waals surface area contributed by atoms with Crippen molar-refractivity contribution in [1.82, 2.24) is 20.4 Å². The SMILES string of the molecule is CCNC(=NCCCCSC)N1CCN(CC(=O)NC(C)C)CC1. The number of carbonyl (C=O) groups is 1. The average molecular weight is 358 g/mol. The molecule has 0 aromatic heterocycles. The highest BCUT2D eigenvalue weighted by Crippen LogP contribution is 2.04. The monoisotopic (exact) mass is 357 g/mol. The minimum absolute atomic E-state index is 0.118. The van der Waals surface area contributed by atoms with E-state index in [0.29, 0.717) is 6.54 Å². The summed E-state index contributed by atoms with van der Waals surface area (Å²) in [6.45, 7) is 12.0. The molecule has 0 bridgehead atoms. The summed E-state index contributed by atoms with van der Waals surface area (Å²) in [6.07, 6.45) is 4.52. The summed E-state index contributed by atoms with van der Waals surface area (Å²) in [5.41, 5.74) is 0. The van der Waals surface area contributed by atoms with Gasteiger partial charge in [0.25, 0.3) is 0 Å². The molecule has 1 rings (SSSR count). The van der Waals surface area contributed by atoms with Crippen LogP contribution in [0.1, 0.15) is 33.6 Å². The van der Waals surface area contributed by atoms with Crippen LogP contribution in [0.2, 0.25) is 0 Å². The third-order valence-corrected chi connectivity index (χ3v) is 4.54. The topological polar surface area (TPSA) is 60.0 Å². The second kappa shape index (κ2) is 12.4. The highest BCUT2D eigenvalue weighted by molar-refractivity contribution is 7.98. The van der Waals surface area contributed by atoms with E-state index in [1.54, 1.807) is 0 Å². The van der Waals surface area contributed by atoms with Crippen molar-refractivity contribution in [2.45, 2.75) is 39.7 Å². The zero-order valence-corrected chi connectivity index (χ0v) is 16.6. The van der Waals surface area contributed by atoms with Gasteiger partial charge in [0.15, 0.2) is 5.96 Å². The summed E-state index contributed by atoms with van der Waals surface area (Å²) in [7, 11) is 0. The van der Waals surface area contributed by atoms with Crippen LogP contribution in [0.3, 0.4) is 0 Å². The zero-order chi connectivity index (χ0) is 17.8. The molecule has 6 nitrogen and oxygen atoms in total. The zero-order valence-electron chi connectivity index (χ0n) is 15.8. The average Bonchev–Trinajstić information content (AvgIpc) is 2.53. The molecule has 2 N–H and O–H groups in total. The van der Waals surface area contributed by atoms with Crippen LogP contribution in [0, 0.1) is 0 Å². The van der Waals surface area contributed by atoms with Crippen LogP contribution in [0.4, 0.5) is 0 Å². The molecule has 0 radical (unpaired) electrons. The molecule has 0 aromatic rings. The van der Waals surface area contributed by atoms with E-state index in [4.69, 9.17) is 4.99 Å². The lowest BCUT2D eigenvalue weighted by atomic mass is 10.3. The van der Waals surface area contributed by atoms with E-state index < -0.39 is 0 Å². The van der Waals surface area contributed by atoms with Gasteiger partial charge in [-0.2, -0.15) is 11.8 Å². The number of hydrogen-bond donors (Lipinski definition) is 2. The Labute approximate surface area is 151 Å². The number of piperazine rings is 1. The van der Waals surface area contributed by atoms with E-state index in [1.807, 2.05) is 25.6 Å². The molecule has 1 aliphatic rings. The summed E-state index contributed by atoms with van der Waals surface area (Å²) in [4.78, 5) is 21.2. The molecule has 1 heterocycles. The fourth-order valence-electron chi connectivity index (χ4n) is 2.66. The van der Waals surface area contributed by atoms with Gasteiger partial charge < -0.3 is 15.5 Å². The highest BCUT2D eigenvalue weighted by atomic mass is 32.2. The molecule has 1 aliphatic heterocycles. The molecule has 1 amide bonds. The number of carbonyl (C=O) groups excluding carboxylic acids is 1. The van der Waals surface area contributed by atoms with Gasteiger partial charge in [0.2, 0.25) is 5.91 Å². The van der Waals surface area contributed by atoms with Crippen molar-refractivity contribution in [3.63, 3.8) is 0 Å². The Balaban J connectivity index is 2.38. The number of nitrogens with zero attached hydrogens (tertiary/aromatic N) is 3. The third kappa shape index (κ3) is 8.78. The van der Waals surface area contributed by atoms with Crippen LogP contribution in [-0.4, -0.2) is 85.5 Å². The smallest absolute Gasteiger partial charge is 0.234 e. The van der Waals surface area contributed by atoms with Gasteiger partial charge in [0.05, 0.1) is 6.54 Å². The molecule has 0 spiro atoms. The van der Waals surface area contributed by atoms with Gasteiger partial charge in [-0.3, -0.25) is 14.7 Å². The van der Waals surface area contributed by atoms with Crippen molar-refractivity contribution >= 4 is 23.6 Å². The van der Waals surface area contributed by atoms with Crippen molar-refractivity contribution in [1.29, 1.82) is 0 Å². The molecule has 0 unspecified atom stereocenters. The number of thioether (sulfide) groups is 1. The number of nitrogens with one attached hydrogen (secondary N) is 2. The van der Waals surface area contributed by atoms with E-state index in [-0.39, 0.29) is 11.9 Å². The molecule has 24 heavy (non-hydrogen) atoms. The van der Waals surface area contributed by atoms with Crippen LogP contribution in [-0.2, 0) is 4.79 Å². The molecule has 0 atom stereocenters. The first kappa shape index (κ1) is 21.1. The molecule has 0 aromatic carbocycles. The Hall–Kier alpha value is -0.950. The number of hydrogen-bond acceptors (Lipinski definition) is 4. The quantitative estimate of drug-likeness (QED) is 0.369.